The van der Waals surface area contributed by atoms with Crippen molar-refractivity contribution in [1.82, 2.24) is 19.2 Å². The van der Waals surface area contributed by atoms with Crippen LogP contribution in [0.5, 0.6) is 0 Å². The van der Waals surface area contributed by atoms with Crippen LogP contribution in [0.15, 0.2) is 40.3 Å². The Labute approximate surface area is 192 Å². The summed E-state index contributed by atoms with van der Waals surface area (Å²) in [6.45, 7) is 6.63. The van der Waals surface area contributed by atoms with Gasteiger partial charge in [0.25, 0.3) is 5.56 Å². The quantitative estimate of drug-likeness (QED) is 0.325. The summed E-state index contributed by atoms with van der Waals surface area (Å²) in [5.41, 5.74) is 1.26. The molecule has 1 aliphatic heterocycles. The lowest BCUT2D eigenvalue weighted by molar-refractivity contribution is -0.139. The molecule has 0 spiro atoms. The SMILES string of the molecule is CCOC(=O)CSc1nnc2n(-c3ccccc3)c(=O)c3c4c(sc3n12)COC(C)(C)C4. The number of nitrogens with zero attached hydrogens (tertiary/aromatic N) is 4. The van der Waals surface area contributed by atoms with Crippen molar-refractivity contribution in [3.8, 4) is 5.69 Å². The number of hydrogen-bond acceptors (Lipinski definition) is 8. The van der Waals surface area contributed by atoms with E-state index in [2.05, 4.69) is 10.2 Å². The number of para-hydroxylation sites is 1. The van der Waals surface area contributed by atoms with Crippen molar-refractivity contribution in [2.75, 3.05) is 12.4 Å². The van der Waals surface area contributed by atoms with E-state index >= 15 is 0 Å². The Morgan fingerprint density at radius 3 is 2.81 bits per heavy atom. The Kier molecular flexibility index (Phi) is 5.31. The summed E-state index contributed by atoms with van der Waals surface area (Å²) in [5, 5.41) is 9.87. The van der Waals surface area contributed by atoms with Crippen LogP contribution in [0.4, 0.5) is 0 Å². The summed E-state index contributed by atoms with van der Waals surface area (Å²) in [5.74, 6) is 0.211. The third-order valence-electron chi connectivity index (χ3n) is 5.34. The Morgan fingerprint density at radius 1 is 1.28 bits per heavy atom. The molecule has 8 nitrogen and oxygen atoms in total. The van der Waals surface area contributed by atoms with Crippen molar-refractivity contribution < 1.29 is 14.3 Å². The highest BCUT2D eigenvalue weighted by Gasteiger charge is 2.32. The standard InChI is InChI=1S/C22H22N4O4S2/c1-4-29-16(27)12-31-21-24-23-20-25(13-8-6-5-7-9-13)18(28)17-14-10-22(2,3)30-11-15(14)32-19(17)26(20)21/h5-9H,4,10-12H2,1-3H3. The second kappa shape index (κ2) is 8.02. The zero-order chi connectivity index (χ0) is 22.5. The van der Waals surface area contributed by atoms with Gasteiger partial charge in [0.05, 0.1) is 35.6 Å². The maximum absolute atomic E-state index is 13.8. The van der Waals surface area contributed by atoms with Gasteiger partial charge in [-0.1, -0.05) is 30.0 Å². The Balaban J connectivity index is 1.79. The van der Waals surface area contributed by atoms with E-state index in [0.29, 0.717) is 41.6 Å². The van der Waals surface area contributed by atoms with Crippen LogP contribution in [0.25, 0.3) is 21.7 Å². The Hall–Kier alpha value is -2.69. The zero-order valence-electron chi connectivity index (χ0n) is 18.0. The monoisotopic (exact) mass is 470 g/mol. The van der Waals surface area contributed by atoms with E-state index in [1.165, 1.54) is 23.1 Å². The highest BCUT2D eigenvalue weighted by molar-refractivity contribution is 7.99. The van der Waals surface area contributed by atoms with Crippen LogP contribution in [0.1, 0.15) is 31.2 Å². The van der Waals surface area contributed by atoms with E-state index in [4.69, 9.17) is 9.47 Å². The Morgan fingerprint density at radius 2 is 2.06 bits per heavy atom. The number of carbonyl (C=O) groups excluding carboxylic acids is 1. The van der Waals surface area contributed by atoms with Crippen LogP contribution < -0.4 is 5.56 Å². The van der Waals surface area contributed by atoms with Crippen LogP contribution in [-0.4, -0.2) is 43.1 Å². The third kappa shape index (κ3) is 3.52. The molecule has 10 heteroatoms. The molecule has 0 saturated carbocycles. The predicted octanol–water partition coefficient (Wildman–Crippen LogP) is 3.60. The van der Waals surface area contributed by atoms with Crippen molar-refractivity contribution in [2.45, 2.75) is 44.6 Å². The molecule has 4 heterocycles. The first-order valence-electron chi connectivity index (χ1n) is 10.3. The molecule has 4 aromatic rings. The molecule has 3 aromatic heterocycles. The summed E-state index contributed by atoms with van der Waals surface area (Å²) >= 11 is 2.78. The number of hydrogen-bond donors (Lipinski definition) is 0. The van der Waals surface area contributed by atoms with Crippen molar-refractivity contribution in [2.24, 2.45) is 0 Å². The predicted molar refractivity (Wildman–Crippen MR) is 124 cm³/mol. The summed E-state index contributed by atoms with van der Waals surface area (Å²) in [7, 11) is 0. The minimum absolute atomic E-state index is 0.113. The number of ether oxygens (including phenoxy) is 2. The van der Waals surface area contributed by atoms with Gasteiger partial charge < -0.3 is 9.47 Å². The summed E-state index contributed by atoms with van der Waals surface area (Å²) in [6.07, 6.45) is 0.644. The van der Waals surface area contributed by atoms with Crippen LogP contribution >= 0.6 is 23.1 Å². The molecule has 5 rings (SSSR count). The average molecular weight is 471 g/mol. The van der Waals surface area contributed by atoms with Gasteiger partial charge in [0.1, 0.15) is 4.83 Å². The van der Waals surface area contributed by atoms with Gasteiger partial charge in [0.15, 0.2) is 5.16 Å². The first-order valence-corrected chi connectivity index (χ1v) is 12.1. The van der Waals surface area contributed by atoms with Gasteiger partial charge in [-0.15, -0.1) is 21.5 Å². The lowest BCUT2D eigenvalue weighted by Gasteiger charge is -2.29. The van der Waals surface area contributed by atoms with Crippen LogP contribution in [0.2, 0.25) is 0 Å². The number of rotatable bonds is 5. The molecule has 0 aliphatic carbocycles. The fraction of sp³-hybridized carbons (Fsp3) is 0.364. The number of benzene rings is 1. The number of carbonyl (C=O) groups is 1. The highest BCUT2D eigenvalue weighted by Crippen LogP contribution is 2.39. The molecular weight excluding hydrogens is 448 g/mol. The van der Waals surface area contributed by atoms with Crippen molar-refractivity contribution in [3.63, 3.8) is 0 Å². The molecule has 0 fully saturated rings. The van der Waals surface area contributed by atoms with E-state index in [1.54, 1.807) is 11.5 Å². The minimum atomic E-state index is -0.353. The molecule has 1 aliphatic rings. The largest absolute Gasteiger partial charge is 0.465 e. The lowest BCUT2D eigenvalue weighted by Crippen LogP contribution is -2.32. The maximum atomic E-state index is 13.8. The van der Waals surface area contributed by atoms with Gasteiger partial charge in [-0.3, -0.25) is 9.59 Å². The normalized spacial score (nSPS) is 15.2. The van der Waals surface area contributed by atoms with Gasteiger partial charge >= 0.3 is 5.97 Å². The van der Waals surface area contributed by atoms with E-state index in [-0.39, 0.29) is 22.9 Å². The molecule has 0 N–H and O–H groups in total. The van der Waals surface area contributed by atoms with Crippen LogP contribution in [0.3, 0.4) is 0 Å². The second-order valence-electron chi connectivity index (χ2n) is 8.10. The number of aromatic nitrogens is 4. The molecule has 0 bridgehead atoms. The van der Waals surface area contributed by atoms with E-state index < -0.39 is 0 Å². The first-order chi connectivity index (χ1) is 15.4. The molecular formula is C22H22N4O4S2. The summed E-state index contributed by atoms with van der Waals surface area (Å²) in [6, 6.07) is 9.42. The van der Waals surface area contributed by atoms with Gasteiger partial charge in [-0.25, -0.2) is 8.97 Å². The lowest BCUT2D eigenvalue weighted by atomic mass is 9.94. The average Bonchev–Trinajstić information content (AvgIpc) is 3.34. The van der Waals surface area contributed by atoms with Gasteiger partial charge in [-0.2, -0.15) is 0 Å². The molecule has 0 saturated heterocycles. The molecule has 0 atom stereocenters. The van der Waals surface area contributed by atoms with E-state index in [0.717, 1.165) is 15.3 Å². The van der Waals surface area contributed by atoms with Gasteiger partial charge in [0.2, 0.25) is 5.78 Å². The zero-order valence-corrected chi connectivity index (χ0v) is 19.6. The fourth-order valence-electron chi connectivity index (χ4n) is 3.93. The van der Waals surface area contributed by atoms with Crippen LogP contribution in [0, 0.1) is 0 Å². The number of fused-ring (bicyclic) bond motifs is 5. The fourth-order valence-corrected chi connectivity index (χ4v) is 5.94. The van der Waals surface area contributed by atoms with Crippen molar-refractivity contribution in [1.29, 1.82) is 0 Å². The highest BCUT2D eigenvalue weighted by atomic mass is 32.2. The van der Waals surface area contributed by atoms with E-state index in [1.807, 2.05) is 48.6 Å². The van der Waals surface area contributed by atoms with Crippen LogP contribution in [-0.2, 0) is 27.3 Å². The van der Waals surface area contributed by atoms with Gasteiger partial charge in [0, 0.05) is 11.3 Å². The first kappa shape index (κ1) is 21.2. The van der Waals surface area contributed by atoms with Gasteiger partial charge in [-0.05, 0) is 38.5 Å². The summed E-state index contributed by atoms with van der Waals surface area (Å²) in [4.78, 5) is 27.6. The number of thioether (sulfide) groups is 1. The minimum Gasteiger partial charge on any atom is -0.465 e. The smallest absolute Gasteiger partial charge is 0.316 e. The molecule has 166 valence electrons. The molecule has 0 amide bonds. The Bertz CT molecular complexity index is 1390. The maximum Gasteiger partial charge on any atom is 0.316 e. The number of esters is 1. The van der Waals surface area contributed by atoms with Crippen molar-refractivity contribution in [3.05, 3.63) is 51.1 Å². The second-order valence-corrected chi connectivity index (χ2v) is 10.1. The van der Waals surface area contributed by atoms with Crippen molar-refractivity contribution >= 4 is 45.1 Å². The number of thiophene rings is 1. The molecule has 1 aromatic carbocycles. The van der Waals surface area contributed by atoms with E-state index in [9.17, 15) is 9.59 Å². The molecule has 32 heavy (non-hydrogen) atoms. The summed E-state index contributed by atoms with van der Waals surface area (Å²) < 4.78 is 14.5. The molecule has 0 unspecified atom stereocenters. The molecule has 0 radical (unpaired) electrons. The topological polar surface area (TPSA) is 87.7 Å². The third-order valence-corrected chi connectivity index (χ3v) is 7.44.